The van der Waals surface area contributed by atoms with Crippen LogP contribution in [-0.2, 0) is 17.7 Å². The fraction of sp³-hybridized carbons (Fsp3) is 0.857. The Bertz CT molecular complexity index is 396. The zero-order valence-electron chi connectivity index (χ0n) is 14.9. The molecule has 1 saturated heterocycles. The Kier molecular flexibility index (Phi) is 7.26. The summed E-state index contributed by atoms with van der Waals surface area (Å²) in [6.07, 6.45) is 2.61. The molecule has 22 heavy (non-hydrogen) atoms. The first-order valence-electron chi connectivity index (χ1n) is 7.88. The van der Waals surface area contributed by atoms with Gasteiger partial charge >= 0.3 is 7.60 Å². The van der Waals surface area contributed by atoms with Gasteiger partial charge < -0.3 is 13.2 Å². The van der Waals surface area contributed by atoms with Crippen molar-refractivity contribution in [1.82, 2.24) is 4.90 Å². The maximum atomic E-state index is 13.2. The Balaban J connectivity index is 2.68. The average molecular weight is 366 g/mol. The predicted octanol–water partition coefficient (Wildman–Crippen LogP) is 3.77. The van der Waals surface area contributed by atoms with Crippen LogP contribution >= 0.6 is 7.60 Å². The molecule has 0 aromatic heterocycles. The Morgan fingerprint density at radius 1 is 1.23 bits per heavy atom. The standard InChI is InChI=1S/C14H32NO4PSi2/c1-8-9-15(12-14-13-17-14)10-11-20(16,18-21(2,3)4)19-22(5,6)7/h8,14H,1,9-13H2,2-7H3. The Morgan fingerprint density at radius 3 is 2.09 bits per heavy atom. The molecule has 0 aromatic rings. The quantitative estimate of drug-likeness (QED) is 0.241. The molecular weight excluding hydrogens is 333 g/mol. The van der Waals surface area contributed by atoms with Gasteiger partial charge in [0.15, 0.2) is 16.6 Å². The van der Waals surface area contributed by atoms with Gasteiger partial charge in [0, 0.05) is 19.6 Å². The summed E-state index contributed by atoms with van der Waals surface area (Å²) in [6, 6.07) is 0. The second-order valence-corrected chi connectivity index (χ2v) is 19.3. The lowest BCUT2D eigenvalue weighted by Gasteiger charge is -2.32. The van der Waals surface area contributed by atoms with Crippen LogP contribution in [-0.4, -0.2) is 60.0 Å². The van der Waals surface area contributed by atoms with Crippen molar-refractivity contribution in [3.63, 3.8) is 0 Å². The first-order valence-corrected chi connectivity index (χ1v) is 16.4. The zero-order chi connectivity index (χ0) is 17.0. The van der Waals surface area contributed by atoms with Crippen molar-refractivity contribution in [2.45, 2.75) is 45.4 Å². The lowest BCUT2D eigenvalue weighted by Crippen LogP contribution is -2.35. The number of epoxide rings is 1. The van der Waals surface area contributed by atoms with Crippen LogP contribution in [0.3, 0.4) is 0 Å². The smallest absolute Gasteiger partial charge is 0.312 e. The SMILES string of the molecule is C=CCN(CCP(=O)(O[Si](C)(C)C)O[Si](C)(C)C)CC1CO1. The van der Waals surface area contributed by atoms with Crippen molar-refractivity contribution in [1.29, 1.82) is 0 Å². The van der Waals surface area contributed by atoms with E-state index in [0.717, 1.165) is 19.7 Å². The third-order valence-electron chi connectivity index (χ3n) is 2.77. The summed E-state index contributed by atoms with van der Waals surface area (Å²) in [6.45, 7) is 19.2. The summed E-state index contributed by atoms with van der Waals surface area (Å²) in [7, 11) is -6.92. The fourth-order valence-corrected chi connectivity index (χ4v) is 10.5. The monoisotopic (exact) mass is 365 g/mol. The van der Waals surface area contributed by atoms with Gasteiger partial charge in [-0.2, -0.15) is 0 Å². The van der Waals surface area contributed by atoms with Gasteiger partial charge in [0.2, 0.25) is 0 Å². The van der Waals surface area contributed by atoms with E-state index in [2.05, 4.69) is 11.5 Å². The molecule has 0 N–H and O–H groups in total. The third-order valence-corrected chi connectivity index (χ3v) is 10.1. The van der Waals surface area contributed by atoms with Crippen LogP contribution < -0.4 is 0 Å². The molecule has 0 amide bonds. The van der Waals surface area contributed by atoms with Gasteiger partial charge in [0.25, 0.3) is 0 Å². The molecular formula is C14H32NO4PSi2. The van der Waals surface area contributed by atoms with Crippen molar-refractivity contribution < 1.29 is 17.7 Å². The summed E-state index contributed by atoms with van der Waals surface area (Å²) in [4.78, 5) is 2.21. The zero-order valence-corrected chi connectivity index (χ0v) is 17.8. The highest BCUT2D eigenvalue weighted by Gasteiger charge is 2.37. The van der Waals surface area contributed by atoms with E-state index in [9.17, 15) is 4.57 Å². The van der Waals surface area contributed by atoms with Gasteiger partial charge in [-0.25, -0.2) is 0 Å². The van der Waals surface area contributed by atoms with Gasteiger partial charge in [0.05, 0.1) is 18.9 Å². The second kappa shape index (κ2) is 7.88. The Hall–Kier alpha value is 0.244. The van der Waals surface area contributed by atoms with Crippen molar-refractivity contribution in [3.05, 3.63) is 12.7 Å². The number of ether oxygens (including phenoxy) is 1. The summed E-state index contributed by atoms with van der Waals surface area (Å²) < 4.78 is 30.4. The van der Waals surface area contributed by atoms with E-state index in [0.29, 0.717) is 18.8 Å². The molecule has 0 bridgehead atoms. The van der Waals surface area contributed by atoms with E-state index in [1.54, 1.807) is 0 Å². The van der Waals surface area contributed by atoms with Crippen LogP contribution in [0.2, 0.25) is 39.3 Å². The molecule has 8 heteroatoms. The van der Waals surface area contributed by atoms with Crippen LogP contribution in [0.4, 0.5) is 0 Å². The highest BCUT2D eigenvalue weighted by molar-refractivity contribution is 7.57. The molecule has 1 rings (SSSR count). The summed E-state index contributed by atoms with van der Waals surface area (Å²) >= 11 is 0. The molecule has 1 atom stereocenters. The molecule has 5 nitrogen and oxygen atoms in total. The molecule has 0 aromatic carbocycles. The lowest BCUT2D eigenvalue weighted by molar-refractivity contribution is 0.268. The fourth-order valence-electron chi connectivity index (χ4n) is 2.11. The van der Waals surface area contributed by atoms with Gasteiger partial charge in [-0.05, 0) is 39.3 Å². The van der Waals surface area contributed by atoms with Crippen LogP contribution in [0.5, 0.6) is 0 Å². The number of hydrogen-bond acceptors (Lipinski definition) is 5. The molecule has 1 aliphatic rings. The minimum Gasteiger partial charge on any atom is -0.372 e. The molecule has 0 radical (unpaired) electrons. The Morgan fingerprint density at radius 2 is 1.73 bits per heavy atom. The topological polar surface area (TPSA) is 51.3 Å². The summed E-state index contributed by atoms with van der Waals surface area (Å²) in [5.74, 6) is 0. The van der Waals surface area contributed by atoms with Gasteiger partial charge in [0.1, 0.15) is 0 Å². The van der Waals surface area contributed by atoms with E-state index in [1.807, 2.05) is 45.4 Å². The van der Waals surface area contributed by atoms with Crippen LogP contribution in [0.25, 0.3) is 0 Å². The van der Waals surface area contributed by atoms with Gasteiger partial charge in [-0.3, -0.25) is 9.46 Å². The van der Waals surface area contributed by atoms with E-state index in [4.69, 9.17) is 13.2 Å². The van der Waals surface area contributed by atoms with E-state index in [1.165, 1.54) is 0 Å². The molecule has 0 aliphatic carbocycles. The molecule has 130 valence electrons. The lowest BCUT2D eigenvalue weighted by atomic mass is 10.4. The van der Waals surface area contributed by atoms with Crippen molar-refractivity contribution in [2.75, 3.05) is 32.4 Å². The number of hydrogen-bond donors (Lipinski definition) is 0. The number of nitrogens with zero attached hydrogens (tertiary/aromatic N) is 1. The third kappa shape index (κ3) is 9.40. The normalized spacial score (nSPS) is 19.5. The van der Waals surface area contributed by atoms with Crippen LogP contribution in [0, 0.1) is 0 Å². The maximum Gasteiger partial charge on any atom is 0.312 e. The highest BCUT2D eigenvalue weighted by atomic mass is 31.2. The second-order valence-electron chi connectivity index (χ2n) is 7.75. The summed E-state index contributed by atoms with van der Waals surface area (Å²) in [5.41, 5.74) is 0. The average Bonchev–Trinajstić information content (AvgIpc) is 3.05. The van der Waals surface area contributed by atoms with Crippen LogP contribution in [0.1, 0.15) is 0 Å². The largest absolute Gasteiger partial charge is 0.372 e. The molecule has 1 unspecified atom stereocenters. The highest BCUT2D eigenvalue weighted by Crippen LogP contribution is 2.52. The molecule has 1 aliphatic heterocycles. The minimum absolute atomic E-state index is 0.315. The van der Waals surface area contributed by atoms with E-state index < -0.39 is 24.2 Å². The van der Waals surface area contributed by atoms with Gasteiger partial charge in [-0.15, -0.1) is 6.58 Å². The molecule has 1 fully saturated rings. The van der Waals surface area contributed by atoms with Crippen molar-refractivity contribution in [2.24, 2.45) is 0 Å². The molecule has 0 saturated carbocycles. The first-order chi connectivity index (χ1) is 9.92. The Labute approximate surface area is 137 Å². The van der Waals surface area contributed by atoms with E-state index >= 15 is 0 Å². The maximum absolute atomic E-state index is 13.2. The van der Waals surface area contributed by atoms with Crippen molar-refractivity contribution >= 4 is 24.2 Å². The molecule has 1 heterocycles. The predicted molar refractivity (Wildman–Crippen MR) is 97.7 cm³/mol. The minimum atomic E-state index is -3.06. The van der Waals surface area contributed by atoms with Crippen molar-refractivity contribution in [3.8, 4) is 0 Å². The van der Waals surface area contributed by atoms with Gasteiger partial charge in [-0.1, -0.05) is 6.08 Å². The van der Waals surface area contributed by atoms with Crippen LogP contribution in [0.15, 0.2) is 12.7 Å². The first kappa shape index (κ1) is 20.3. The number of rotatable bonds is 11. The molecule has 0 spiro atoms. The van der Waals surface area contributed by atoms with E-state index in [-0.39, 0.29) is 0 Å². The summed E-state index contributed by atoms with van der Waals surface area (Å²) in [5, 5.41) is 0.